The molecule has 2 heteroatoms. The highest BCUT2D eigenvalue weighted by Crippen LogP contribution is 2.38. The number of carbonyl (C=O) groups is 1. The molecule has 0 fully saturated rings. The van der Waals surface area contributed by atoms with Gasteiger partial charge in [0.05, 0.1) is 0 Å². The van der Waals surface area contributed by atoms with Crippen LogP contribution in [0.25, 0.3) is 16.3 Å². The van der Waals surface area contributed by atoms with E-state index in [0.717, 1.165) is 33.2 Å². The molecule has 1 aliphatic heterocycles. The van der Waals surface area contributed by atoms with Crippen LogP contribution in [0, 0.1) is 0 Å². The summed E-state index contributed by atoms with van der Waals surface area (Å²) in [6, 6.07) is 12.0. The topological polar surface area (TPSA) is 26.3 Å². The highest BCUT2D eigenvalue weighted by molar-refractivity contribution is 6.30. The van der Waals surface area contributed by atoms with Gasteiger partial charge in [-0.05, 0) is 35.4 Å². The summed E-state index contributed by atoms with van der Waals surface area (Å²) >= 11 is 0. The number of benzene rings is 2. The lowest BCUT2D eigenvalue weighted by Crippen LogP contribution is -2.14. The molecule has 0 bridgehead atoms. The van der Waals surface area contributed by atoms with Crippen LogP contribution in [0.4, 0.5) is 0 Å². The molecule has 0 spiro atoms. The summed E-state index contributed by atoms with van der Waals surface area (Å²) in [5.41, 5.74) is 2.58. The highest BCUT2D eigenvalue weighted by atomic mass is 16.5. The molecule has 2 aromatic carbocycles. The third kappa shape index (κ3) is 1.76. The molecule has 1 aliphatic rings. The first kappa shape index (κ1) is 11.7. The molecule has 3 rings (SSSR count). The fraction of sp³-hybridized carbons (Fsp3) is 0.118. The first-order chi connectivity index (χ1) is 9.22. The van der Waals surface area contributed by atoms with Crippen molar-refractivity contribution in [1.82, 2.24) is 0 Å². The second-order valence-electron chi connectivity index (χ2n) is 4.67. The van der Waals surface area contributed by atoms with Crippen LogP contribution in [0.5, 0.6) is 5.75 Å². The van der Waals surface area contributed by atoms with E-state index in [1.807, 2.05) is 43.3 Å². The Balaban J connectivity index is 2.39. The minimum atomic E-state index is -0.0431. The van der Waals surface area contributed by atoms with Crippen molar-refractivity contribution in [2.45, 2.75) is 6.92 Å². The smallest absolute Gasteiger partial charge is 0.186 e. The van der Waals surface area contributed by atoms with Crippen molar-refractivity contribution in [2.75, 3.05) is 6.61 Å². The predicted octanol–water partition coefficient (Wildman–Crippen LogP) is 3.76. The van der Waals surface area contributed by atoms with Crippen molar-refractivity contribution in [3.63, 3.8) is 0 Å². The maximum absolute atomic E-state index is 12.2. The third-order valence-corrected chi connectivity index (χ3v) is 3.44. The van der Waals surface area contributed by atoms with Crippen molar-refractivity contribution in [3.8, 4) is 5.75 Å². The molecule has 0 aromatic heterocycles. The van der Waals surface area contributed by atoms with E-state index in [4.69, 9.17) is 4.74 Å². The summed E-state index contributed by atoms with van der Waals surface area (Å²) in [5.74, 6) is 0.730. The lowest BCUT2D eigenvalue weighted by molar-refractivity contribution is -0.109. The van der Waals surface area contributed by atoms with Crippen LogP contribution in [0.15, 0.2) is 54.6 Å². The third-order valence-electron chi connectivity index (χ3n) is 3.44. The monoisotopic (exact) mass is 250 g/mol. The number of hydrogen-bond donors (Lipinski definition) is 0. The zero-order chi connectivity index (χ0) is 13.4. The number of allylic oxidation sites excluding steroid dienone is 2. The summed E-state index contributed by atoms with van der Waals surface area (Å²) in [6.07, 6.45) is 1.37. The van der Waals surface area contributed by atoms with Gasteiger partial charge in [-0.3, -0.25) is 4.79 Å². The second kappa shape index (κ2) is 4.39. The summed E-state index contributed by atoms with van der Waals surface area (Å²) in [4.78, 5) is 12.2. The Morgan fingerprint density at radius 1 is 1.26 bits per heavy atom. The molecule has 0 aliphatic carbocycles. The average molecular weight is 250 g/mol. The average Bonchev–Trinajstić information content (AvgIpc) is 2.46. The van der Waals surface area contributed by atoms with E-state index >= 15 is 0 Å². The maximum atomic E-state index is 12.2. The highest BCUT2D eigenvalue weighted by Gasteiger charge is 2.23. The molecular weight excluding hydrogens is 236 g/mol. The normalized spacial score (nSPS) is 13.9. The Morgan fingerprint density at radius 2 is 2.05 bits per heavy atom. The first-order valence-electron chi connectivity index (χ1n) is 6.24. The first-order valence-corrected chi connectivity index (χ1v) is 6.24. The largest absolute Gasteiger partial charge is 0.489 e. The van der Waals surface area contributed by atoms with Gasteiger partial charge in [0.1, 0.15) is 12.4 Å². The van der Waals surface area contributed by atoms with Crippen molar-refractivity contribution in [3.05, 3.63) is 60.2 Å². The number of ether oxygens (including phenoxy) is 1. The van der Waals surface area contributed by atoms with E-state index in [0.29, 0.717) is 6.61 Å². The van der Waals surface area contributed by atoms with Gasteiger partial charge in [-0.2, -0.15) is 0 Å². The second-order valence-corrected chi connectivity index (χ2v) is 4.67. The molecule has 0 unspecified atom stereocenters. The Kier molecular flexibility index (Phi) is 2.71. The molecule has 2 aromatic rings. The van der Waals surface area contributed by atoms with E-state index in [9.17, 15) is 4.79 Å². The lowest BCUT2D eigenvalue weighted by Gasteiger charge is -2.22. The molecule has 94 valence electrons. The molecule has 0 radical (unpaired) electrons. The molecule has 0 amide bonds. The minimum Gasteiger partial charge on any atom is -0.489 e. The molecule has 0 saturated carbocycles. The quantitative estimate of drug-likeness (QED) is 0.758. The standard InChI is InChI=1S/C17H14O2/c1-3-14(18)16-11(2)10-19-15-9-8-12-6-4-5-7-13(12)17(15)16/h3-9H,1,10H2,2H3. The maximum Gasteiger partial charge on any atom is 0.186 e. The fourth-order valence-corrected chi connectivity index (χ4v) is 2.54. The van der Waals surface area contributed by atoms with Crippen LogP contribution < -0.4 is 4.74 Å². The molecular formula is C17H14O2. The summed E-state index contributed by atoms with van der Waals surface area (Å²) in [6.45, 7) is 5.99. The number of hydrogen-bond acceptors (Lipinski definition) is 2. The summed E-state index contributed by atoms with van der Waals surface area (Å²) in [7, 11) is 0. The number of fused-ring (bicyclic) bond motifs is 3. The van der Waals surface area contributed by atoms with Gasteiger partial charge >= 0.3 is 0 Å². The van der Waals surface area contributed by atoms with Gasteiger partial charge < -0.3 is 4.74 Å². The van der Waals surface area contributed by atoms with Gasteiger partial charge in [-0.25, -0.2) is 0 Å². The van der Waals surface area contributed by atoms with E-state index in [1.165, 1.54) is 6.08 Å². The van der Waals surface area contributed by atoms with Crippen LogP contribution in [-0.4, -0.2) is 12.4 Å². The molecule has 0 saturated heterocycles. The lowest BCUT2D eigenvalue weighted by atomic mass is 9.90. The molecule has 1 heterocycles. The molecule has 2 nitrogen and oxygen atoms in total. The van der Waals surface area contributed by atoms with Crippen LogP contribution in [0.3, 0.4) is 0 Å². The number of ketones is 1. The Hall–Kier alpha value is -2.35. The fourth-order valence-electron chi connectivity index (χ4n) is 2.54. The van der Waals surface area contributed by atoms with Crippen LogP contribution in [0.2, 0.25) is 0 Å². The van der Waals surface area contributed by atoms with E-state index in [-0.39, 0.29) is 5.78 Å². The summed E-state index contributed by atoms with van der Waals surface area (Å²) < 4.78 is 5.72. The van der Waals surface area contributed by atoms with E-state index in [1.54, 1.807) is 0 Å². The Labute approximate surface area is 112 Å². The SMILES string of the molecule is C=CC(=O)C1=C(C)COc2ccc3ccccc3c21. The van der Waals surface area contributed by atoms with Crippen molar-refractivity contribution in [2.24, 2.45) is 0 Å². The Bertz CT molecular complexity index is 723. The van der Waals surface area contributed by atoms with Gasteiger partial charge in [-0.1, -0.05) is 36.9 Å². The predicted molar refractivity (Wildman–Crippen MR) is 77.2 cm³/mol. The van der Waals surface area contributed by atoms with E-state index in [2.05, 4.69) is 6.58 Å². The van der Waals surface area contributed by atoms with Crippen LogP contribution in [-0.2, 0) is 4.79 Å². The van der Waals surface area contributed by atoms with Crippen molar-refractivity contribution >= 4 is 22.1 Å². The van der Waals surface area contributed by atoms with Crippen molar-refractivity contribution in [1.29, 1.82) is 0 Å². The minimum absolute atomic E-state index is 0.0431. The number of carbonyl (C=O) groups excluding carboxylic acids is 1. The zero-order valence-electron chi connectivity index (χ0n) is 10.8. The Morgan fingerprint density at radius 3 is 2.84 bits per heavy atom. The van der Waals surface area contributed by atoms with Gasteiger partial charge in [0, 0.05) is 11.1 Å². The molecule has 19 heavy (non-hydrogen) atoms. The van der Waals surface area contributed by atoms with Crippen LogP contribution >= 0.6 is 0 Å². The van der Waals surface area contributed by atoms with Gasteiger partial charge in [0.25, 0.3) is 0 Å². The van der Waals surface area contributed by atoms with Crippen LogP contribution in [0.1, 0.15) is 12.5 Å². The molecule has 0 N–H and O–H groups in total. The van der Waals surface area contributed by atoms with Gasteiger partial charge in [0.2, 0.25) is 0 Å². The van der Waals surface area contributed by atoms with Gasteiger partial charge in [-0.15, -0.1) is 0 Å². The zero-order valence-corrected chi connectivity index (χ0v) is 10.8. The van der Waals surface area contributed by atoms with E-state index < -0.39 is 0 Å². The summed E-state index contributed by atoms with van der Waals surface area (Å²) in [5, 5.41) is 2.15. The number of rotatable bonds is 2. The molecule has 0 atom stereocenters. The van der Waals surface area contributed by atoms with Gasteiger partial charge in [0.15, 0.2) is 5.78 Å². The van der Waals surface area contributed by atoms with Crippen molar-refractivity contribution < 1.29 is 9.53 Å².